The highest BCUT2D eigenvalue weighted by molar-refractivity contribution is 5.87. The van der Waals surface area contributed by atoms with Crippen LogP contribution in [0.4, 0.5) is 0 Å². The average molecular weight is 196 g/mol. The van der Waals surface area contributed by atoms with Crippen LogP contribution in [0.5, 0.6) is 0 Å². The van der Waals surface area contributed by atoms with Crippen molar-refractivity contribution in [2.75, 3.05) is 26.2 Å². The van der Waals surface area contributed by atoms with E-state index in [2.05, 4.69) is 25.3 Å². The van der Waals surface area contributed by atoms with E-state index in [1.807, 2.05) is 4.90 Å². The Bertz CT molecular complexity index is 215. The van der Waals surface area contributed by atoms with E-state index in [1.165, 1.54) is 6.08 Å². The maximum absolute atomic E-state index is 11.5. The van der Waals surface area contributed by atoms with Gasteiger partial charge in [-0.3, -0.25) is 9.69 Å². The normalized spacial score (nSPS) is 23.6. The van der Waals surface area contributed by atoms with Gasteiger partial charge in [-0.25, -0.2) is 0 Å². The first kappa shape index (κ1) is 11.2. The third kappa shape index (κ3) is 2.35. The molecule has 1 atom stereocenters. The molecule has 1 aliphatic rings. The largest absolute Gasteiger partial charge is 0.334 e. The molecule has 1 rings (SSSR count). The van der Waals surface area contributed by atoms with E-state index in [1.54, 1.807) is 0 Å². The number of hydrogen-bond donors (Lipinski definition) is 0. The third-order valence-corrected chi connectivity index (χ3v) is 2.94. The van der Waals surface area contributed by atoms with Crippen molar-refractivity contribution in [3.8, 4) is 0 Å². The Balaban J connectivity index is 2.60. The second-order valence-electron chi connectivity index (χ2n) is 3.69. The molecule has 0 radical (unpaired) electrons. The molecule has 1 fully saturated rings. The lowest BCUT2D eigenvalue weighted by molar-refractivity contribution is -0.130. The second-order valence-corrected chi connectivity index (χ2v) is 3.69. The Kier molecular flexibility index (Phi) is 4.14. The summed E-state index contributed by atoms with van der Waals surface area (Å²) < 4.78 is 0. The van der Waals surface area contributed by atoms with Crippen molar-refractivity contribution < 1.29 is 4.79 Å². The molecule has 14 heavy (non-hydrogen) atoms. The first-order chi connectivity index (χ1) is 6.72. The maximum Gasteiger partial charge on any atom is 0.246 e. The summed E-state index contributed by atoms with van der Waals surface area (Å²) in [6.45, 7) is 11.8. The van der Waals surface area contributed by atoms with Crippen molar-refractivity contribution in [1.82, 2.24) is 9.80 Å². The number of likely N-dealkylation sites (N-methyl/N-ethyl adjacent to an activating group) is 1. The molecule has 0 unspecified atom stereocenters. The Hall–Kier alpha value is -0.830. The van der Waals surface area contributed by atoms with Crippen LogP contribution in [0.15, 0.2) is 12.7 Å². The number of carbonyl (C=O) groups excluding carboxylic acids is 1. The molecule has 0 aliphatic carbocycles. The van der Waals surface area contributed by atoms with Gasteiger partial charge < -0.3 is 4.90 Å². The van der Waals surface area contributed by atoms with Crippen molar-refractivity contribution in [3.05, 3.63) is 12.7 Å². The van der Waals surface area contributed by atoms with Gasteiger partial charge in [-0.1, -0.05) is 20.4 Å². The molecule has 3 heteroatoms. The molecule has 3 nitrogen and oxygen atoms in total. The van der Waals surface area contributed by atoms with Crippen molar-refractivity contribution in [1.29, 1.82) is 0 Å². The summed E-state index contributed by atoms with van der Waals surface area (Å²) in [7, 11) is 0. The van der Waals surface area contributed by atoms with Gasteiger partial charge in [0.1, 0.15) is 0 Å². The lowest BCUT2D eigenvalue weighted by atomic mass is 10.1. The molecule has 0 aromatic rings. The van der Waals surface area contributed by atoms with Gasteiger partial charge in [0.15, 0.2) is 0 Å². The van der Waals surface area contributed by atoms with Crippen molar-refractivity contribution in [2.45, 2.75) is 26.3 Å². The summed E-state index contributed by atoms with van der Waals surface area (Å²) >= 11 is 0. The molecule has 1 aliphatic heterocycles. The van der Waals surface area contributed by atoms with Gasteiger partial charge in [-0.05, 0) is 19.0 Å². The van der Waals surface area contributed by atoms with E-state index in [9.17, 15) is 4.79 Å². The second kappa shape index (κ2) is 5.15. The Morgan fingerprint density at radius 1 is 1.50 bits per heavy atom. The van der Waals surface area contributed by atoms with Gasteiger partial charge in [0.2, 0.25) is 5.91 Å². The van der Waals surface area contributed by atoms with E-state index in [4.69, 9.17) is 0 Å². The van der Waals surface area contributed by atoms with E-state index in [-0.39, 0.29) is 5.91 Å². The van der Waals surface area contributed by atoms with E-state index in [0.717, 1.165) is 32.6 Å². The fourth-order valence-electron chi connectivity index (χ4n) is 1.96. The fraction of sp³-hybridized carbons (Fsp3) is 0.727. The molecule has 1 amide bonds. The molecule has 0 aromatic carbocycles. The number of hydrogen-bond acceptors (Lipinski definition) is 2. The lowest BCUT2D eigenvalue weighted by Crippen LogP contribution is -2.54. The Morgan fingerprint density at radius 3 is 2.71 bits per heavy atom. The molecule has 0 bridgehead atoms. The van der Waals surface area contributed by atoms with Gasteiger partial charge in [0.25, 0.3) is 0 Å². The molecule has 80 valence electrons. The quantitative estimate of drug-likeness (QED) is 0.631. The van der Waals surface area contributed by atoms with Crippen molar-refractivity contribution in [3.63, 3.8) is 0 Å². The van der Waals surface area contributed by atoms with Gasteiger partial charge in [-0.2, -0.15) is 0 Å². The van der Waals surface area contributed by atoms with Crippen LogP contribution in [-0.4, -0.2) is 47.9 Å². The van der Waals surface area contributed by atoms with Crippen LogP contribution < -0.4 is 0 Å². The van der Waals surface area contributed by atoms with Crippen LogP contribution >= 0.6 is 0 Å². The van der Waals surface area contributed by atoms with Crippen molar-refractivity contribution >= 4 is 5.91 Å². The zero-order valence-electron chi connectivity index (χ0n) is 9.20. The monoisotopic (exact) mass is 196 g/mol. The van der Waals surface area contributed by atoms with Gasteiger partial charge in [-0.15, -0.1) is 0 Å². The van der Waals surface area contributed by atoms with Crippen LogP contribution in [0.3, 0.4) is 0 Å². The smallest absolute Gasteiger partial charge is 0.246 e. The van der Waals surface area contributed by atoms with Crippen LogP contribution in [0.2, 0.25) is 0 Å². The van der Waals surface area contributed by atoms with E-state index in [0.29, 0.717) is 6.04 Å². The van der Waals surface area contributed by atoms with Crippen LogP contribution in [0.25, 0.3) is 0 Å². The number of nitrogens with zero attached hydrogens (tertiary/aromatic N) is 2. The van der Waals surface area contributed by atoms with Crippen LogP contribution in [-0.2, 0) is 4.79 Å². The molecule has 0 saturated carbocycles. The molecule has 1 heterocycles. The molecular weight excluding hydrogens is 176 g/mol. The number of amides is 1. The molecule has 0 N–H and O–H groups in total. The van der Waals surface area contributed by atoms with Gasteiger partial charge in [0.05, 0.1) is 0 Å². The predicted octanol–water partition coefficient (Wildman–Crippen LogP) is 1.12. The fourth-order valence-corrected chi connectivity index (χ4v) is 1.96. The third-order valence-electron chi connectivity index (χ3n) is 2.94. The topological polar surface area (TPSA) is 23.6 Å². The summed E-state index contributed by atoms with van der Waals surface area (Å²) in [5.41, 5.74) is 0. The predicted molar refractivity (Wildman–Crippen MR) is 58.1 cm³/mol. The Morgan fingerprint density at radius 2 is 2.21 bits per heavy atom. The summed E-state index contributed by atoms with van der Waals surface area (Å²) in [6, 6.07) is 0.370. The summed E-state index contributed by atoms with van der Waals surface area (Å²) in [5.74, 6) is 0.0765. The highest BCUT2D eigenvalue weighted by Gasteiger charge is 2.26. The van der Waals surface area contributed by atoms with Crippen LogP contribution in [0, 0.1) is 0 Å². The van der Waals surface area contributed by atoms with E-state index >= 15 is 0 Å². The highest BCUT2D eigenvalue weighted by atomic mass is 16.2. The SMILES string of the molecule is C=CC(=O)N1CCN(CC)C[C@@H]1CC. The van der Waals surface area contributed by atoms with Gasteiger partial charge in [0, 0.05) is 25.7 Å². The first-order valence-corrected chi connectivity index (χ1v) is 5.38. The zero-order valence-corrected chi connectivity index (χ0v) is 9.20. The first-order valence-electron chi connectivity index (χ1n) is 5.38. The summed E-state index contributed by atoms with van der Waals surface area (Å²) in [4.78, 5) is 15.9. The number of carbonyl (C=O) groups is 1. The summed E-state index contributed by atoms with van der Waals surface area (Å²) in [6.07, 6.45) is 2.44. The summed E-state index contributed by atoms with van der Waals surface area (Å²) in [5, 5.41) is 0. The zero-order chi connectivity index (χ0) is 10.6. The van der Waals surface area contributed by atoms with E-state index < -0.39 is 0 Å². The Labute approximate surface area is 86.4 Å². The maximum atomic E-state index is 11.5. The molecular formula is C11H20N2O. The minimum atomic E-state index is 0.0765. The molecule has 0 aromatic heterocycles. The lowest BCUT2D eigenvalue weighted by Gasteiger charge is -2.40. The molecule has 0 spiro atoms. The highest BCUT2D eigenvalue weighted by Crippen LogP contribution is 2.12. The van der Waals surface area contributed by atoms with Gasteiger partial charge >= 0.3 is 0 Å². The average Bonchev–Trinajstić information content (AvgIpc) is 2.27. The van der Waals surface area contributed by atoms with Crippen molar-refractivity contribution in [2.24, 2.45) is 0 Å². The minimum absolute atomic E-state index is 0.0765. The number of rotatable bonds is 3. The minimum Gasteiger partial charge on any atom is -0.334 e. The molecule has 1 saturated heterocycles. The number of piperazine rings is 1. The standard InChI is InChI=1S/C11H20N2O/c1-4-10-9-12(6-3)7-8-13(10)11(14)5-2/h5,10H,2,4,6-9H2,1,3H3/t10-/m0/s1. The van der Waals surface area contributed by atoms with Crippen LogP contribution in [0.1, 0.15) is 20.3 Å².